The number of halogens is 1. The summed E-state index contributed by atoms with van der Waals surface area (Å²) < 4.78 is 7.04. The molecule has 0 saturated heterocycles. The van der Waals surface area contributed by atoms with E-state index in [-0.39, 0.29) is 0 Å². The van der Waals surface area contributed by atoms with E-state index in [4.69, 9.17) is 4.74 Å². The Bertz CT molecular complexity index is 310. The largest absolute Gasteiger partial charge is 0.489 e. The van der Waals surface area contributed by atoms with E-state index in [2.05, 4.69) is 47.0 Å². The first kappa shape index (κ1) is 9.65. The van der Waals surface area contributed by atoms with Gasteiger partial charge in [-0.2, -0.15) is 0 Å². The second-order valence-electron chi connectivity index (χ2n) is 3.11. The van der Waals surface area contributed by atoms with Gasteiger partial charge in [0.2, 0.25) is 0 Å². The lowest BCUT2D eigenvalue weighted by Gasteiger charge is -2.08. The molecule has 0 amide bonds. The van der Waals surface area contributed by atoms with E-state index in [1.807, 2.05) is 0 Å². The lowest BCUT2D eigenvalue weighted by molar-refractivity contribution is 0.296. The first-order chi connectivity index (χ1) is 6.29. The first-order valence-electron chi connectivity index (χ1n) is 4.30. The molecule has 1 aromatic carbocycles. The average Bonchev–Trinajstić information content (AvgIpc) is 2.89. The highest BCUT2D eigenvalue weighted by Gasteiger charge is 2.24. The molecule has 0 N–H and O–H groups in total. The molecule has 0 aliphatic heterocycles. The van der Waals surface area contributed by atoms with Crippen molar-refractivity contribution in [1.82, 2.24) is 0 Å². The highest BCUT2D eigenvalue weighted by molar-refractivity contribution is 14.1. The Morgan fingerprint density at radius 3 is 2.85 bits per heavy atom. The molecule has 70 valence electrons. The zero-order valence-corrected chi connectivity index (χ0v) is 10.4. The van der Waals surface area contributed by atoms with Gasteiger partial charge in [-0.25, -0.2) is 0 Å². The van der Waals surface area contributed by atoms with Crippen molar-refractivity contribution in [1.29, 1.82) is 0 Å². The minimum absolute atomic E-state index is 0.490. The lowest BCUT2D eigenvalue weighted by Crippen LogP contribution is -1.97. The molecule has 1 fully saturated rings. The topological polar surface area (TPSA) is 9.23 Å². The third kappa shape index (κ3) is 2.53. The Morgan fingerprint density at radius 1 is 1.46 bits per heavy atom. The van der Waals surface area contributed by atoms with Gasteiger partial charge in [-0.3, -0.25) is 0 Å². The molecule has 13 heavy (non-hydrogen) atoms. The van der Waals surface area contributed by atoms with Crippen molar-refractivity contribution in [3.8, 4) is 5.75 Å². The van der Waals surface area contributed by atoms with Crippen molar-refractivity contribution in [3.05, 3.63) is 21.8 Å². The van der Waals surface area contributed by atoms with Crippen LogP contribution in [0.5, 0.6) is 5.75 Å². The number of thioether (sulfide) groups is 1. The monoisotopic (exact) mass is 306 g/mol. The van der Waals surface area contributed by atoms with Crippen LogP contribution in [-0.4, -0.2) is 12.4 Å². The summed E-state index contributed by atoms with van der Waals surface area (Å²) in [6.07, 6.45) is 5.02. The van der Waals surface area contributed by atoms with Gasteiger partial charge >= 0.3 is 0 Å². The fourth-order valence-corrected chi connectivity index (χ4v) is 2.08. The van der Waals surface area contributed by atoms with Crippen LogP contribution in [0.3, 0.4) is 0 Å². The number of hydrogen-bond acceptors (Lipinski definition) is 2. The Balaban J connectivity index is 2.22. The van der Waals surface area contributed by atoms with Crippen molar-refractivity contribution in [2.45, 2.75) is 23.8 Å². The van der Waals surface area contributed by atoms with Gasteiger partial charge in [0.25, 0.3) is 0 Å². The molecule has 0 spiro atoms. The fourth-order valence-electron chi connectivity index (χ4n) is 1.11. The molecule has 0 atom stereocenters. The van der Waals surface area contributed by atoms with Crippen LogP contribution in [0.25, 0.3) is 0 Å². The smallest absolute Gasteiger partial charge is 0.134 e. The lowest BCUT2D eigenvalue weighted by atomic mass is 10.3. The standard InChI is InChI=1S/C10H11IOS/c1-13-10-5-2-7(11)6-9(10)12-8-3-4-8/h2,5-6,8H,3-4H2,1H3. The summed E-state index contributed by atoms with van der Waals surface area (Å²) in [4.78, 5) is 1.24. The molecule has 0 aromatic heterocycles. The van der Waals surface area contributed by atoms with Crippen molar-refractivity contribution >= 4 is 34.4 Å². The van der Waals surface area contributed by atoms with Crippen LogP contribution in [0.1, 0.15) is 12.8 Å². The van der Waals surface area contributed by atoms with Crippen LogP contribution in [0.15, 0.2) is 23.1 Å². The van der Waals surface area contributed by atoms with Crippen molar-refractivity contribution in [2.75, 3.05) is 6.26 Å². The van der Waals surface area contributed by atoms with Gasteiger partial charge in [0.05, 0.1) is 6.10 Å². The molecule has 1 nitrogen and oxygen atoms in total. The summed E-state index contributed by atoms with van der Waals surface area (Å²) in [6.45, 7) is 0. The van der Waals surface area contributed by atoms with E-state index in [1.54, 1.807) is 11.8 Å². The first-order valence-corrected chi connectivity index (χ1v) is 6.60. The molecule has 1 saturated carbocycles. The third-order valence-corrected chi connectivity index (χ3v) is 3.39. The summed E-state index contributed by atoms with van der Waals surface area (Å²) in [5.41, 5.74) is 0. The maximum absolute atomic E-state index is 5.80. The fraction of sp³-hybridized carbons (Fsp3) is 0.400. The molecular weight excluding hydrogens is 295 g/mol. The molecule has 0 unspecified atom stereocenters. The molecule has 0 radical (unpaired) electrons. The second kappa shape index (κ2) is 4.09. The SMILES string of the molecule is CSc1ccc(I)cc1OC1CC1. The normalized spacial score (nSPS) is 15.8. The van der Waals surface area contributed by atoms with Gasteiger partial charge in [0, 0.05) is 8.47 Å². The molecule has 2 rings (SSSR count). The van der Waals surface area contributed by atoms with Crippen LogP contribution < -0.4 is 4.74 Å². The maximum atomic E-state index is 5.80. The second-order valence-corrected chi connectivity index (χ2v) is 5.21. The van der Waals surface area contributed by atoms with Crippen LogP contribution in [0.2, 0.25) is 0 Å². The molecule has 0 heterocycles. The predicted octanol–water partition coefficient (Wildman–Crippen LogP) is 3.55. The molecule has 1 aliphatic carbocycles. The Kier molecular flexibility index (Phi) is 3.03. The highest BCUT2D eigenvalue weighted by Crippen LogP contribution is 2.34. The minimum Gasteiger partial charge on any atom is -0.489 e. The zero-order chi connectivity index (χ0) is 9.26. The Morgan fingerprint density at radius 2 is 2.23 bits per heavy atom. The van der Waals surface area contributed by atoms with Crippen molar-refractivity contribution < 1.29 is 4.74 Å². The van der Waals surface area contributed by atoms with Crippen LogP contribution in [-0.2, 0) is 0 Å². The quantitative estimate of drug-likeness (QED) is 0.624. The Hall–Kier alpha value is 0.1000. The summed E-state index contributed by atoms with van der Waals surface area (Å²) in [5, 5.41) is 0. The van der Waals surface area contributed by atoms with Gasteiger partial charge in [-0.05, 0) is 59.9 Å². The van der Waals surface area contributed by atoms with E-state index < -0.39 is 0 Å². The predicted molar refractivity (Wildman–Crippen MR) is 64.6 cm³/mol. The minimum atomic E-state index is 0.490. The van der Waals surface area contributed by atoms with Crippen LogP contribution >= 0.6 is 34.4 Å². The van der Waals surface area contributed by atoms with Crippen molar-refractivity contribution in [3.63, 3.8) is 0 Å². The van der Waals surface area contributed by atoms with Gasteiger partial charge < -0.3 is 4.74 Å². The maximum Gasteiger partial charge on any atom is 0.134 e. The summed E-state index contributed by atoms with van der Waals surface area (Å²) in [7, 11) is 0. The van der Waals surface area contributed by atoms with Gasteiger partial charge in [-0.1, -0.05) is 0 Å². The van der Waals surface area contributed by atoms with Crippen molar-refractivity contribution in [2.24, 2.45) is 0 Å². The molecule has 3 heteroatoms. The zero-order valence-electron chi connectivity index (χ0n) is 7.42. The van der Waals surface area contributed by atoms with Crippen LogP contribution in [0.4, 0.5) is 0 Å². The van der Waals surface area contributed by atoms with E-state index in [0.29, 0.717) is 6.10 Å². The molecule has 1 aromatic rings. The van der Waals surface area contributed by atoms with E-state index in [1.165, 1.54) is 21.3 Å². The number of ether oxygens (including phenoxy) is 1. The average molecular weight is 306 g/mol. The molecule has 1 aliphatic rings. The third-order valence-electron chi connectivity index (χ3n) is 1.94. The van der Waals surface area contributed by atoms with E-state index in [0.717, 1.165) is 5.75 Å². The van der Waals surface area contributed by atoms with Gasteiger partial charge in [0.15, 0.2) is 0 Å². The van der Waals surface area contributed by atoms with Crippen LogP contribution in [0, 0.1) is 3.57 Å². The van der Waals surface area contributed by atoms with Gasteiger partial charge in [-0.15, -0.1) is 11.8 Å². The Labute approximate surface area is 96.4 Å². The number of hydrogen-bond donors (Lipinski definition) is 0. The molecular formula is C10H11IOS. The summed E-state index contributed by atoms with van der Waals surface area (Å²) >= 11 is 4.06. The van der Waals surface area contributed by atoms with E-state index >= 15 is 0 Å². The van der Waals surface area contributed by atoms with E-state index in [9.17, 15) is 0 Å². The number of rotatable bonds is 3. The summed E-state index contributed by atoms with van der Waals surface area (Å²) in [6, 6.07) is 6.36. The summed E-state index contributed by atoms with van der Waals surface area (Å²) in [5.74, 6) is 1.06. The molecule has 0 bridgehead atoms. The van der Waals surface area contributed by atoms with Gasteiger partial charge in [0.1, 0.15) is 5.75 Å². The highest BCUT2D eigenvalue weighted by atomic mass is 127. The number of benzene rings is 1.